The standard InChI is InChI=1S/C31H42F2N2O6/c1-4-7-35(8-5-2)31(39)24-11-20(3)10-23(15-24)30(38)34-27(14-22-12-25(32)16-26(33)13-22)29(37)28(36)19-41-18-21-6-9-40-17-21/h10-13,15-16,21,27-29,36-37H,4-9,14,17-19H2,1-3H3,(H,34,38)/t21?,27-,28+,29+/m0/s1. The largest absolute Gasteiger partial charge is 0.388 e. The lowest BCUT2D eigenvalue weighted by Gasteiger charge is -2.28. The van der Waals surface area contributed by atoms with Crippen LogP contribution in [0.1, 0.15) is 65.0 Å². The fourth-order valence-electron chi connectivity index (χ4n) is 5.00. The predicted molar refractivity (Wildman–Crippen MR) is 151 cm³/mol. The zero-order chi connectivity index (χ0) is 29.9. The van der Waals surface area contributed by atoms with Crippen LogP contribution in [0.25, 0.3) is 0 Å². The van der Waals surface area contributed by atoms with Crippen molar-refractivity contribution in [3.05, 3.63) is 70.3 Å². The number of aliphatic hydroxyl groups is 2. The number of hydrogen-bond donors (Lipinski definition) is 3. The molecule has 0 spiro atoms. The number of carbonyl (C=O) groups is 2. The van der Waals surface area contributed by atoms with Crippen molar-refractivity contribution in [2.45, 2.75) is 64.7 Å². The molecule has 0 aliphatic carbocycles. The molecule has 4 atom stereocenters. The molecule has 1 saturated heterocycles. The molecule has 1 unspecified atom stereocenters. The quantitative estimate of drug-likeness (QED) is 0.299. The highest BCUT2D eigenvalue weighted by molar-refractivity contribution is 6.00. The number of aryl methyl sites for hydroxylation is 1. The van der Waals surface area contributed by atoms with E-state index in [-0.39, 0.29) is 36.0 Å². The predicted octanol–water partition coefficient (Wildman–Crippen LogP) is 3.65. The molecule has 10 heteroatoms. The van der Waals surface area contributed by atoms with Crippen molar-refractivity contribution >= 4 is 11.8 Å². The lowest BCUT2D eigenvalue weighted by Crippen LogP contribution is -2.51. The maximum atomic E-state index is 13.9. The molecule has 41 heavy (non-hydrogen) atoms. The van der Waals surface area contributed by atoms with E-state index >= 15 is 0 Å². The molecule has 2 aromatic carbocycles. The van der Waals surface area contributed by atoms with E-state index in [1.807, 2.05) is 13.8 Å². The molecular formula is C31H42F2N2O6. The minimum absolute atomic E-state index is 0.159. The summed E-state index contributed by atoms with van der Waals surface area (Å²) in [6, 6.07) is 6.66. The number of hydrogen-bond acceptors (Lipinski definition) is 6. The van der Waals surface area contributed by atoms with Crippen LogP contribution in [0.4, 0.5) is 8.78 Å². The van der Waals surface area contributed by atoms with Crippen LogP contribution in [0.3, 0.4) is 0 Å². The van der Waals surface area contributed by atoms with Gasteiger partial charge in [-0.25, -0.2) is 8.78 Å². The Labute approximate surface area is 240 Å². The average molecular weight is 577 g/mol. The number of rotatable bonds is 15. The summed E-state index contributed by atoms with van der Waals surface area (Å²) in [5, 5.41) is 24.4. The summed E-state index contributed by atoms with van der Waals surface area (Å²) in [7, 11) is 0. The van der Waals surface area contributed by atoms with Crippen LogP contribution in [-0.4, -0.2) is 84.7 Å². The van der Waals surface area contributed by atoms with E-state index in [1.165, 1.54) is 6.07 Å². The first-order chi connectivity index (χ1) is 19.6. The minimum Gasteiger partial charge on any atom is -0.388 e. The van der Waals surface area contributed by atoms with Crippen molar-refractivity contribution in [1.29, 1.82) is 0 Å². The number of nitrogens with one attached hydrogen (secondary N) is 1. The fourth-order valence-corrected chi connectivity index (χ4v) is 5.00. The fraction of sp³-hybridized carbons (Fsp3) is 0.548. The van der Waals surface area contributed by atoms with Crippen molar-refractivity contribution in [3.8, 4) is 0 Å². The topological polar surface area (TPSA) is 108 Å². The van der Waals surface area contributed by atoms with Crippen LogP contribution in [0.2, 0.25) is 0 Å². The molecular weight excluding hydrogens is 534 g/mol. The van der Waals surface area contributed by atoms with E-state index in [1.54, 1.807) is 24.0 Å². The molecule has 3 rings (SSSR count). The van der Waals surface area contributed by atoms with Gasteiger partial charge in [0.25, 0.3) is 11.8 Å². The van der Waals surface area contributed by atoms with Gasteiger partial charge in [0.2, 0.25) is 0 Å². The van der Waals surface area contributed by atoms with Crippen LogP contribution in [-0.2, 0) is 15.9 Å². The van der Waals surface area contributed by atoms with Gasteiger partial charge in [0.15, 0.2) is 0 Å². The summed E-state index contributed by atoms with van der Waals surface area (Å²) in [4.78, 5) is 28.4. The zero-order valence-electron chi connectivity index (χ0n) is 24.1. The molecule has 1 aliphatic heterocycles. The Morgan fingerprint density at radius 1 is 1.05 bits per heavy atom. The molecule has 1 aliphatic rings. The molecule has 0 bridgehead atoms. The Morgan fingerprint density at radius 2 is 1.71 bits per heavy atom. The number of benzene rings is 2. The highest BCUT2D eigenvalue weighted by Gasteiger charge is 2.30. The molecule has 226 valence electrons. The van der Waals surface area contributed by atoms with Gasteiger partial charge >= 0.3 is 0 Å². The van der Waals surface area contributed by atoms with Crippen molar-refractivity contribution < 1.29 is 38.1 Å². The summed E-state index contributed by atoms with van der Waals surface area (Å²) >= 11 is 0. The van der Waals surface area contributed by atoms with E-state index in [9.17, 15) is 28.6 Å². The van der Waals surface area contributed by atoms with Gasteiger partial charge in [0, 0.05) is 42.8 Å². The average Bonchev–Trinajstić information content (AvgIpc) is 3.44. The van der Waals surface area contributed by atoms with E-state index in [4.69, 9.17) is 9.47 Å². The van der Waals surface area contributed by atoms with Crippen molar-refractivity contribution in [1.82, 2.24) is 10.2 Å². The number of halogens is 2. The summed E-state index contributed by atoms with van der Waals surface area (Å²) in [5.41, 5.74) is 1.45. The summed E-state index contributed by atoms with van der Waals surface area (Å²) < 4.78 is 38.7. The number of amides is 2. The molecule has 2 amide bonds. The molecule has 8 nitrogen and oxygen atoms in total. The van der Waals surface area contributed by atoms with Gasteiger partial charge in [0.05, 0.1) is 25.9 Å². The maximum Gasteiger partial charge on any atom is 0.253 e. The number of ether oxygens (including phenoxy) is 2. The second-order valence-electron chi connectivity index (χ2n) is 10.8. The van der Waals surface area contributed by atoms with Gasteiger partial charge in [0.1, 0.15) is 23.8 Å². The summed E-state index contributed by atoms with van der Waals surface area (Å²) in [6.45, 7) is 8.31. The molecule has 1 heterocycles. The highest BCUT2D eigenvalue weighted by atomic mass is 19.1. The summed E-state index contributed by atoms with van der Waals surface area (Å²) in [5.74, 6) is -2.18. The SMILES string of the molecule is CCCN(CCC)C(=O)c1cc(C)cc(C(=O)N[C@@H](Cc2cc(F)cc(F)c2)[C@@H](O)[C@H](O)COCC2CCOC2)c1. The third kappa shape index (κ3) is 9.85. The van der Waals surface area contributed by atoms with Crippen molar-refractivity contribution in [2.75, 3.05) is 39.5 Å². The van der Waals surface area contributed by atoms with Gasteiger partial charge in [-0.2, -0.15) is 0 Å². The first kappa shape index (κ1) is 32.6. The van der Waals surface area contributed by atoms with Crippen LogP contribution in [0.15, 0.2) is 36.4 Å². The second kappa shape index (κ2) is 15.9. The molecule has 0 saturated carbocycles. The van der Waals surface area contributed by atoms with E-state index < -0.39 is 35.8 Å². The summed E-state index contributed by atoms with van der Waals surface area (Å²) in [6.07, 6.45) is -0.615. The van der Waals surface area contributed by atoms with Gasteiger partial charge < -0.3 is 29.9 Å². The van der Waals surface area contributed by atoms with E-state index in [0.29, 0.717) is 44.0 Å². The van der Waals surface area contributed by atoms with Crippen molar-refractivity contribution in [2.24, 2.45) is 5.92 Å². The molecule has 3 N–H and O–H groups in total. The highest BCUT2D eigenvalue weighted by Crippen LogP contribution is 2.18. The zero-order valence-corrected chi connectivity index (χ0v) is 24.1. The van der Waals surface area contributed by atoms with Crippen LogP contribution >= 0.6 is 0 Å². The molecule has 0 aromatic heterocycles. The Balaban J connectivity index is 1.80. The molecule has 2 aromatic rings. The third-order valence-electron chi connectivity index (χ3n) is 7.03. The number of nitrogens with zero attached hydrogens (tertiary/aromatic N) is 1. The van der Waals surface area contributed by atoms with Gasteiger partial charge in [-0.3, -0.25) is 9.59 Å². The van der Waals surface area contributed by atoms with Crippen LogP contribution in [0.5, 0.6) is 0 Å². The normalized spacial score (nSPS) is 17.2. The lowest BCUT2D eigenvalue weighted by molar-refractivity contribution is -0.0562. The smallest absolute Gasteiger partial charge is 0.253 e. The van der Waals surface area contributed by atoms with Gasteiger partial charge in [-0.15, -0.1) is 0 Å². The van der Waals surface area contributed by atoms with Gasteiger partial charge in [-0.05, 0) is 74.1 Å². The Morgan fingerprint density at radius 3 is 2.32 bits per heavy atom. The lowest BCUT2D eigenvalue weighted by atomic mass is 9.96. The van der Waals surface area contributed by atoms with Gasteiger partial charge in [-0.1, -0.05) is 13.8 Å². The number of aliphatic hydroxyl groups excluding tert-OH is 2. The maximum absolute atomic E-state index is 13.9. The van der Waals surface area contributed by atoms with Crippen LogP contribution < -0.4 is 5.32 Å². The Kier molecular flexibility index (Phi) is 12.6. The first-order valence-corrected chi connectivity index (χ1v) is 14.3. The monoisotopic (exact) mass is 576 g/mol. The Hall–Kier alpha value is -2.92. The van der Waals surface area contributed by atoms with Crippen molar-refractivity contribution in [3.63, 3.8) is 0 Å². The first-order valence-electron chi connectivity index (χ1n) is 14.3. The third-order valence-corrected chi connectivity index (χ3v) is 7.03. The second-order valence-corrected chi connectivity index (χ2v) is 10.8. The van der Waals surface area contributed by atoms with E-state index in [2.05, 4.69) is 5.32 Å². The van der Waals surface area contributed by atoms with Crippen LogP contribution in [0, 0.1) is 24.5 Å². The molecule has 1 fully saturated rings. The minimum atomic E-state index is -1.51. The van der Waals surface area contributed by atoms with E-state index in [0.717, 1.165) is 37.5 Å². The molecule has 0 radical (unpaired) electrons. The Bertz CT molecular complexity index is 1130. The number of carbonyl (C=O) groups excluding carboxylic acids is 2.